The molecule has 0 heterocycles. The smallest absolute Gasteiger partial charge is 0.342 e. The number of hydrogen-bond donors (Lipinski definition) is 3. The fraction of sp³-hybridized carbons (Fsp3) is 0.423. The molecule has 0 aliphatic carbocycles. The molecular formula is C26H32F3N3O3. The maximum Gasteiger partial charge on any atom is 0.471 e. The van der Waals surface area contributed by atoms with E-state index in [1.165, 1.54) is 6.92 Å². The fourth-order valence-corrected chi connectivity index (χ4v) is 3.94. The Hall–Kier alpha value is -3.36. The summed E-state index contributed by atoms with van der Waals surface area (Å²) in [7, 11) is 0. The lowest BCUT2D eigenvalue weighted by Crippen LogP contribution is -2.62. The minimum absolute atomic E-state index is 0.0563. The van der Waals surface area contributed by atoms with Gasteiger partial charge in [-0.1, -0.05) is 63.2 Å². The molecule has 0 aromatic heterocycles. The predicted octanol–water partition coefficient (Wildman–Crippen LogP) is 4.40. The van der Waals surface area contributed by atoms with Crippen LogP contribution in [0.15, 0.2) is 54.6 Å². The second-order valence-electron chi connectivity index (χ2n) is 9.09. The van der Waals surface area contributed by atoms with Crippen LogP contribution in [-0.4, -0.2) is 35.5 Å². The molecule has 0 aliphatic heterocycles. The maximum absolute atomic E-state index is 13.3. The van der Waals surface area contributed by atoms with Gasteiger partial charge < -0.3 is 16.0 Å². The second kappa shape index (κ2) is 11.9. The summed E-state index contributed by atoms with van der Waals surface area (Å²) in [6, 6.07) is 15.0. The lowest BCUT2D eigenvalue weighted by atomic mass is 9.88. The summed E-state index contributed by atoms with van der Waals surface area (Å²) in [6.45, 7) is 6.64. The summed E-state index contributed by atoms with van der Waals surface area (Å²) in [5.41, 5.74) is 0.440. The normalized spacial score (nSPS) is 14.1. The van der Waals surface area contributed by atoms with E-state index in [2.05, 4.69) is 10.6 Å². The highest BCUT2D eigenvalue weighted by Crippen LogP contribution is 2.22. The highest BCUT2D eigenvalue weighted by Gasteiger charge is 2.46. The maximum atomic E-state index is 13.3. The Morgan fingerprint density at radius 1 is 0.886 bits per heavy atom. The lowest BCUT2D eigenvalue weighted by Gasteiger charge is -2.33. The Labute approximate surface area is 203 Å². The van der Waals surface area contributed by atoms with Crippen LogP contribution in [0.2, 0.25) is 0 Å². The van der Waals surface area contributed by atoms with E-state index in [0.29, 0.717) is 12.1 Å². The minimum Gasteiger partial charge on any atom is -0.342 e. The lowest BCUT2D eigenvalue weighted by molar-refractivity contribution is -0.176. The number of aryl methyl sites for hydroxylation is 1. The van der Waals surface area contributed by atoms with Crippen molar-refractivity contribution in [2.24, 2.45) is 5.92 Å². The first kappa shape index (κ1) is 27.9. The van der Waals surface area contributed by atoms with Crippen LogP contribution < -0.4 is 16.0 Å². The van der Waals surface area contributed by atoms with Gasteiger partial charge in [0.2, 0.25) is 11.8 Å². The molecule has 0 bridgehead atoms. The number of amides is 3. The van der Waals surface area contributed by atoms with Gasteiger partial charge in [0.05, 0.1) is 0 Å². The first-order valence-electron chi connectivity index (χ1n) is 11.5. The van der Waals surface area contributed by atoms with Crippen molar-refractivity contribution in [3.63, 3.8) is 0 Å². The molecule has 6 nitrogen and oxygen atoms in total. The SMILES string of the molecule is CCc1ccccc1C[C@H](NC(=O)[C@](C)(CC(C)C)NC(=O)C(F)(F)F)C(=O)Nc1ccccc1. The van der Waals surface area contributed by atoms with Crippen molar-refractivity contribution in [2.45, 2.75) is 64.7 Å². The van der Waals surface area contributed by atoms with Gasteiger partial charge in [-0.25, -0.2) is 0 Å². The van der Waals surface area contributed by atoms with E-state index >= 15 is 0 Å². The number of rotatable bonds is 10. The van der Waals surface area contributed by atoms with Crippen molar-refractivity contribution in [2.75, 3.05) is 5.32 Å². The Bertz CT molecular complexity index is 1030. The molecule has 2 atom stereocenters. The van der Waals surface area contributed by atoms with E-state index < -0.39 is 35.5 Å². The molecule has 0 saturated carbocycles. The summed E-state index contributed by atoms with van der Waals surface area (Å²) < 4.78 is 38.9. The summed E-state index contributed by atoms with van der Waals surface area (Å²) in [6.07, 6.45) is -4.38. The number of alkyl halides is 3. The van der Waals surface area contributed by atoms with Gasteiger partial charge >= 0.3 is 12.1 Å². The zero-order chi connectivity index (χ0) is 26.2. The number of carbonyl (C=O) groups excluding carboxylic acids is 3. The Kier molecular flexibility index (Phi) is 9.45. The van der Waals surface area contributed by atoms with Gasteiger partial charge in [-0.2, -0.15) is 13.2 Å². The largest absolute Gasteiger partial charge is 0.471 e. The van der Waals surface area contributed by atoms with E-state index in [-0.39, 0.29) is 18.8 Å². The third-order valence-corrected chi connectivity index (χ3v) is 5.55. The van der Waals surface area contributed by atoms with Gasteiger partial charge in [0.15, 0.2) is 0 Å². The van der Waals surface area contributed by atoms with Crippen LogP contribution >= 0.6 is 0 Å². The molecule has 3 amide bonds. The third kappa shape index (κ3) is 8.12. The molecule has 0 aliphatic rings. The van der Waals surface area contributed by atoms with Gasteiger partial charge in [-0.05, 0) is 48.9 Å². The molecule has 0 spiro atoms. The molecule has 0 fully saturated rings. The van der Waals surface area contributed by atoms with Crippen LogP contribution in [0, 0.1) is 5.92 Å². The van der Waals surface area contributed by atoms with Crippen molar-refractivity contribution < 1.29 is 27.6 Å². The Morgan fingerprint density at radius 2 is 1.46 bits per heavy atom. The molecule has 3 N–H and O–H groups in total. The van der Waals surface area contributed by atoms with E-state index in [1.807, 2.05) is 36.5 Å². The number of halogens is 3. The van der Waals surface area contributed by atoms with Gasteiger partial charge in [0.25, 0.3) is 0 Å². The van der Waals surface area contributed by atoms with Crippen LogP contribution in [0.4, 0.5) is 18.9 Å². The van der Waals surface area contributed by atoms with Crippen LogP contribution in [-0.2, 0) is 27.2 Å². The van der Waals surface area contributed by atoms with Gasteiger partial charge in [0, 0.05) is 12.1 Å². The highest BCUT2D eigenvalue weighted by atomic mass is 19.4. The van der Waals surface area contributed by atoms with Crippen molar-refractivity contribution in [3.8, 4) is 0 Å². The molecular weight excluding hydrogens is 459 g/mol. The molecule has 35 heavy (non-hydrogen) atoms. The van der Waals surface area contributed by atoms with Crippen molar-refractivity contribution in [3.05, 3.63) is 65.7 Å². The van der Waals surface area contributed by atoms with E-state index in [9.17, 15) is 27.6 Å². The monoisotopic (exact) mass is 491 g/mol. The first-order valence-corrected chi connectivity index (χ1v) is 11.5. The molecule has 2 aromatic rings. The highest BCUT2D eigenvalue weighted by molar-refractivity contribution is 6.00. The standard InChI is InChI=1S/C26H32F3N3O3/c1-5-18-11-9-10-12-19(18)15-21(22(33)30-20-13-7-6-8-14-20)31-23(34)25(4,16-17(2)3)32-24(35)26(27,28)29/h6-14,17,21H,5,15-16H2,1-4H3,(H,30,33)(H,31,34)(H,32,35)/t21-,25-/m0/s1. The van der Waals surface area contributed by atoms with Crippen molar-refractivity contribution in [1.29, 1.82) is 0 Å². The predicted molar refractivity (Wildman–Crippen MR) is 129 cm³/mol. The number of para-hydroxylation sites is 1. The number of anilines is 1. The Balaban J connectivity index is 2.36. The number of hydrogen-bond acceptors (Lipinski definition) is 3. The van der Waals surface area contributed by atoms with E-state index in [0.717, 1.165) is 11.1 Å². The summed E-state index contributed by atoms with van der Waals surface area (Å²) in [4.78, 5) is 38.2. The fourth-order valence-electron chi connectivity index (χ4n) is 3.94. The average molecular weight is 492 g/mol. The molecule has 2 rings (SSSR count). The number of carbonyl (C=O) groups is 3. The summed E-state index contributed by atoms with van der Waals surface area (Å²) >= 11 is 0. The third-order valence-electron chi connectivity index (χ3n) is 5.55. The van der Waals surface area contributed by atoms with Gasteiger partial charge in [-0.15, -0.1) is 0 Å². The zero-order valence-electron chi connectivity index (χ0n) is 20.3. The van der Waals surface area contributed by atoms with Gasteiger partial charge in [0.1, 0.15) is 11.6 Å². The first-order chi connectivity index (χ1) is 16.4. The van der Waals surface area contributed by atoms with Crippen LogP contribution in [0.3, 0.4) is 0 Å². The second-order valence-corrected chi connectivity index (χ2v) is 9.09. The molecule has 0 unspecified atom stereocenters. The van der Waals surface area contributed by atoms with Crippen LogP contribution in [0.5, 0.6) is 0 Å². The molecule has 190 valence electrons. The van der Waals surface area contributed by atoms with E-state index in [4.69, 9.17) is 0 Å². The molecule has 0 saturated heterocycles. The summed E-state index contributed by atoms with van der Waals surface area (Å²) in [5, 5.41) is 7.19. The van der Waals surface area contributed by atoms with Crippen molar-refractivity contribution >= 4 is 23.4 Å². The summed E-state index contributed by atoms with van der Waals surface area (Å²) in [5.74, 6) is -3.82. The number of benzene rings is 2. The molecule has 9 heteroatoms. The quantitative estimate of drug-likeness (QED) is 0.461. The van der Waals surface area contributed by atoms with Crippen LogP contribution in [0.1, 0.15) is 45.2 Å². The average Bonchev–Trinajstić information content (AvgIpc) is 2.78. The van der Waals surface area contributed by atoms with Crippen LogP contribution in [0.25, 0.3) is 0 Å². The van der Waals surface area contributed by atoms with Crippen molar-refractivity contribution in [1.82, 2.24) is 10.6 Å². The topological polar surface area (TPSA) is 87.3 Å². The van der Waals surface area contributed by atoms with Gasteiger partial charge in [-0.3, -0.25) is 14.4 Å². The number of nitrogens with one attached hydrogen (secondary N) is 3. The minimum atomic E-state index is -5.15. The van der Waals surface area contributed by atoms with E-state index in [1.54, 1.807) is 44.2 Å². The Morgan fingerprint density at radius 3 is 2.00 bits per heavy atom. The zero-order valence-corrected chi connectivity index (χ0v) is 20.3. The molecule has 2 aromatic carbocycles. The molecule has 0 radical (unpaired) electrons.